The smallest absolute Gasteiger partial charge is 0.319 e. The van der Waals surface area contributed by atoms with Gasteiger partial charge in [0.1, 0.15) is 12.1 Å². The van der Waals surface area contributed by atoms with Crippen LogP contribution in [0.15, 0.2) is 103 Å². The first-order valence-corrected chi connectivity index (χ1v) is 23.0. The van der Waals surface area contributed by atoms with Crippen LogP contribution in [0.4, 0.5) is 21.0 Å². The fraction of sp³-hybridized carbons (Fsp3) is 0.451. The molecule has 0 bridgehead atoms. The zero-order valence-corrected chi connectivity index (χ0v) is 37.9. The van der Waals surface area contributed by atoms with Gasteiger partial charge in [0.15, 0.2) is 0 Å². The lowest BCUT2D eigenvalue weighted by Gasteiger charge is -2.37. The molecule has 2 aliphatic rings. The van der Waals surface area contributed by atoms with Crippen LogP contribution in [-0.2, 0) is 35.5 Å². The molecule has 0 saturated carbocycles. The molecule has 2 saturated heterocycles. The fourth-order valence-corrected chi connectivity index (χ4v) is 8.26. The molecule has 4 aromatic rings. The largest absolute Gasteiger partial charge is 0.338 e. The molecular formula is C51H68N8O4. The topological polar surface area (TPSA) is 129 Å². The van der Waals surface area contributed by atoms with Crippen molar-refractivity contribution in [2.45, 2.75) is 85.5 Å². The molecule has 0 aliphatic carbocycles. The molecule has 12 nitrogen and oxygen atoms in total. The molecular weight excluding hydrogens is 789 g/mol. The Bertz CT molecular complexity index is 2060. The standard InChI is InChI=1S/C51H68N8O4/c1-6-37(4)46(54-50(62)52-44-22-18-39(8-3)19-23-44)49(61)59-32-28-57(29-33-59)36-43-16-14-40(15-17-43)34-41-20-24-45(25-21-41)53-51(63)55-47(38(5)7-2)48(60)58-30-26-56(27-31-58)35-42-12-10-9-11-13-42/h9-25,37-38,46-47H,6-8,26-36H2,1-5H3,(H2,52,54,62)(H2,53,55,63). The molecule has 4 N–H and O–H groups in total. The van der Waals surface area contributed by atoms with Crippen molar-refractivity contribution in [3.05, 3.63) is 131 Å². The Morgan fingerprint density at radius 1 is 0.476 bits per heavy atom. The van der Waals surface area contributed by atoms with E-state index in [1.807, 2.05) is 92.1 Å². The minimum atomic E-state index is -0.600. The van der Waals surface area contributed by atoms with E-state index >= 15 is 0 Å². The van der Waals surface area contributed by atoms with Crippen molar-refractivity contribution in [3.8, 4) is 0 Å². The molecule has 4 unspecified atom stereocenters. The zero-order valence-electron chi connectivity index (χ0n) is 37.9. The van der Waals surface area contributed by atoms with Gasteiger partial charge in [-0.2, -0.15) is 0 Å². The van der Waals surface area contributed by atoms with Gasteiger partial charge in [0.05, 0.1) is 0 Å². The van der Waals surface area contributed by atoms with Crippen molar-refractivity contribution >= 4 is 35.3 Å². The van der Waals surface area contributed by atoms with E-state index in [-0.39, 0.29) is 35.7 Å². The van der Waals surface area contributed by atoms with Gasteiger partial charge in [-0.25, -0.2) is 9.59 Å². The summed E-state index contributed by atoms with van der Waals surface area (Å²) in [5.41, 5.74) is 7.37. The van der Waals surface area contributed by atoms with Crippen molar-refractivity contribution in [1.29, 1.82) is 0 Å². The van der Waals surface area contributed by atoms with Crippen LogP contribution in [0.3, 0.4) is 0 Å². The monoisotopic (exact) mass is 857 g/mol. The summed E-state index contributed by atoms with van der Waals surface area (Å²) in [7, 11) is 0. The average molecular weight is 857 g/mol. The Labute approximate surface area is 374 Å². The summed E-state index contributed by atoms with van der Waals surface area (Å²) in [5.74, 6) is -0.0597. The molecule has 4 atom stereocenters. The second-order valence-electron chi connectivity index (χ2n) is 17.4. The molecule has 63 heavy (non-hydrogen) atoms. The summed E-state index contributed by atoms with van der Waals surface area (Å²) < 4.78 is 0. The molecule has 6 rings (SSSR count). The van der Waals surface area contributed by atoms with Crippen molar-refractivity contribution in [2.75, 3.05) is 63.0 Å². The van der Waals surface area contributed by atoms with Gasteiger partial charge in [0.2, 0.25) is 11.8 Å². The van der Waals surface area contributed by atoms with Crippen LogP contribution in [0.5, 0.6) is 0 Å². The fourth-order valence-electron chi connectivity index (χ4n) is 8.26. The number of aryl methyl sites for hydroxylation is 1. The van der Waals surface area contributed by atoms with Crippen LogP contribution in [-0.4, -0.2) is 108 Å². The molecule has 6 amide bonds. The molecule has 2 fully saturated rings. The van der Waals surface area contributed by atoms with Gasteiger partial charge in [-0.05, 0) is 76.8 Å². The third-order valence-corrected chi connectivity index (χ3v) is 12.8. The van der Waals surface area contributed by atoms with Gasteiger partial charge in [0, 0.05) is 76.8 Å². The molecule has 0 aromatic heterocycles. The Kier molecular flexibility index (Phi) is 17.2. The van der Waals surface area contributed by atoms with E-state index in [2.05, 4.69) is 86.5 Å². The summed E-state index contributed by atoms with van der Waals surface area (Å²) in [4.78, 5) is 62.1. The molecule has 0 spiro atoms. The average Bonchev–Trinajstić information content (AvgIpc) is 3.31. The first kappa shape index (κ1) is 46.8. The van der Waals surface area contributed by atoms with Crippen LogP contribution in [0.25, 0.3) is 0 Å². The van der Waals surface area contributed by atoms with E-state index in [0.717, 1.165) is 70.5 Å². The van der Waals surface area contributed by atoms with Gasteiger partial charge in [0.25, 0.3) is 0 Å². The van der Waals surface area contributed by atoms with E-state index in [1.54, 1.807) is 0 Å². The maximum Gasteiger partial charge on any atom is 0.319 e. The summed E-state index contributed by atoms with van der Waals surface area (Å²) in [5, 5.41) is 11.8. The lowest BCUT2D eigenvalue weighted by molar-refractivity contribution is -0.137. The third kappa shape index (κ3) is 13.6. The number of rotatable bonds is 17. The number of hydrogen-bond donors (Lipinski definition) is 4. The minimum absolute atomic E-state index is 0.00241. The molecule has 2 aliphatic heterocycles. The zero-order chi connectivity index (χ0) is 44.7. The van der Waals surface area contributed by atoms with Gasteiger partial charge in [-0.15, -0.1) is 0 Å². The molecule has 2 heterocycles. The van der Waals surface area contributed by atoms with Gasteiger partial charge >= 0.3 is 12.1 Å². The highest BCUT2D eigenvalue weighted by Crippen LogP contribution is 2.20. The number of benzene rings is 4. The third-order valence-electron chi connectivity index (χ3n) is 12.8. The summed E-state index contributed by atoms with van der Waals surface area (Å²) in [6, 6.07) is 32.7. The first-order chi connectivity index (χ1) is 30.5. The van der Waals surface area contributed by atoms with Crippen LogP contribution in [0.1, 0.15) is 75.3 Å². The van der Waals surface area contributed by atoms with E-state index in [1.165, 1.54) is 22.3 Å². The number of amides is 6. The van der Waals surface area contributed by atoms with Crippen molar-refractivity contribution < 1.29 is 19.2 Å². The predicted molar refractivity (Wildman–Crippen MR) is 252 cm³/mol. The van der Waals surface area contributed by atoms with Crippen molar-refractivity contribution in [2.24, 2.45) is 11.8 Å². The Morgan fingerprint density at radius 2 is 0.841 bits per heavy atom. The summed E-state index contributed by atoms with van der Waals surface area (Å²) >= 11 is 0. The van der Waals surface area contributed by atoms with Gasteiger partial charge in [-0.1, -0.05) is 126 Å². The maximum absolute atomic E-state index is 13.7. The van der Waals surface area contributed by atoms with Gasteiger partial charge in [-0.3, -0.25) is 19.4 Å². The lowest BCUT2D eigenvalue weighted by atomic mass is 9.97. The second-order valence-corrected chi connectivity index (χ2v) is 17.4. The number of carbonyl (C=O) groups excluding carboxylic acids is 4. The number of nitrogens with zero attached hydrogens (tertiary/aromatic N) is 4. The van der Waals surface area contributed by atoms with Gasteiger partial charge < -0.3 is 31.1 Å². The van der Waals surface area contributed by atoms with Crippen LogP contribution >= 0.6 is 0 Å². The molecule has 336 valence electrons. The van der Waals surface area contributed by atoms with E-state index in [0.29, 0.717) is 37.6 Å². The van der Waals surface area contributed by atoms with Crippen LogP contribution < -0.4 is 21.3 Å². The number of carbonyl (C=O) groups is 4. The van der Waals surface area contributed by atoms with Crippen molar-refractivity contribution in [3.63, 3.8) is 0 Å². The highest BCUT2D eigenvalue weighted by Gasteiger charge is 2.33. The van der Waals surface area contributed by atoms with Crippen LogP contribution in [0.2, 0.25) is 0 Å². The Morgan fingerprint density at radius 3 is 1.24 bits per heavy atom. The van der Waals surface area contributed by atoms with E-state index in [4.69, 9.17) is 0 Å². The number of hydrogen-bond acceptors (Lipinski definition) is 6. The maximum atomic E-state index is 13.7. The lowest BCUT2D eigenvalue weighted by Crippen LogP contribution is -2.57. The summed E-state index contributed by atoms with van der Waals surface area (Å²) in [6.45, 7) is 17.5. The second kappa shape index (κ2) is 23.1. The minimum Gasteiger partial charge on any atom is -0.338 e. The SMILES string of the molecule is CCc1ccc(NC(=O)NC(C(=O)N2CCN(Cc3ccc(Cc4ccc(NC(=O)NC(C(=O)N5CCN(Cc6ccccc6)CC5)C(C)CC)cc4)cc3)CC2)C(C)CC)cc1. The Hall–Kier alpha value is -5.72. The highest BCUT2D eigenvalue weighted by molar-refractivity contribution is 5.94. The first-order valence-electron chi connectivity index (χ1n) is 23.0. The quantitative estimate of drug-likeness (QED) is 0.0867. The normalized spacial score (nSPS) is 16.7. The number of nitrogens with one attached hydrogen (secondary N) is 4. The molecule has 4 aromatic carbocycles. The number of anilines is 2. The molecule has 0 radical (unpaired) electrons. The highest BCUT2D eigenvalue weighted by atomic mass is 16.2. The van der Waals surface area contributed by atoms with Crippen molar-refractivity contribution in [1.82, 2.24) is 30.2 Å². The number of piperazine rings is 2. The van der Waals surface area contributed by atoms with E-state index in [9.17, 15) is 19.2 Å². The summed E-state index contributed by atoms with van der Waals surface area (Å²) in [6.07, 6.45) is 3.23. The Balaban J connectivity index is 0.925. The van der Waals surface area contributed by atoms with Crippen LogP contribution in [0, 0.1) is 11.8 Å². The van der Waals surface area contributed by atoms with E-state index < -0.39 is 12.1 Å². The number of urea groups is 2. The molecule has 12 heteroatoms. The predicted octanol–water partition coefficient (Wildman–Crippen LogP) is 7.60.